The molecule has 0 aromatic carbocycles. The molecule has 0 atom stereocenters. The summed E-state index contributed by atoms with van der Waals surface area (Å²) in [4.78, 5) is 14.1. The summed E-state index contributed by atoms with van der Waals surface area (Å²) in [5.74, 6) is -0.770. The molecule has 1 aromatic heterocycles. The van der Waals surface area contributed by atoms with Crippen LogP contribution in [0.2, 0.25) is 0 Å². The number of halogens is 3. The van der Waals surface area contributed by atoms with Crippen LogP contribution in [-0.2, 0) is 6.54 Å². The van der Waals surface area contributed by atoms with Crippen molar-refractivity contribution in [3.63, 3.8) is 0 Å². The molecule has 2 N–H and O–H groups in total. The molecule has 0 saturated heterocycles. The molecule has 0 aliphatic rings. The van der Waals surface area contributed by atoms with E-state index in [2.05, 4.69) is 9.72 Å². The van der Waals surface area contributed by atoms with Crippen molar-refractivity contribution in [3.8, 4) is 5.88 Å². The van der Waals surface area contributed by atoms with Gasteiger partial charge in [0.2, 0.25) is 5.88 Å². The SMILES string of the molecule is Cc1cnc(OC(F)(F)F)c(C=O)c1CN. The summed E-state index contributed by atoms with van der Waals surface area (Å²) < 4.78 is 39.6. The monoisotopic (exact) mass is 234 g/mol. The summed E-state index contributed by atoms with van der Waals surface area (Å²) in [5, 5.41) is 0. The van der Waals surface area contributed by atoms with E-state index in [1.165, 1.54) is 6.20 Å². The molecule has 0 spiro atoms. The first-order chi connectivity index (χ1) is 7.39. The fourth-order valence-electron chi connectivity index (χ4n) is 1.23. The van der Waals surface area contributed by atoms with Gasteiger partial charge in [0.1, 0.15) is 0 Å². The molecule has 7 heteroatoms. The third-order valence-electron chi connectivity index (χ3n) is 1.94. The summed E-state index contributed by atoms with van der Waals surface area (Å²) in [6.45, 7) is 1.54. The van der Waals surface area contributed by atoms with Crippen molar-refractivity contribution in [1.29, 1.82) is 0 Å². The lowest BCUT2D eigenvalue weighted by Crippen LogP contribution is -2.20. The molecule has 0 aliphatic carbocycles. The first kappa shape index (κ1) is 12.4. The number of alkyl halides is 3. The van der Waals surface area contributed by atoms with Gasteiger partial charge in [-0.25, -0.2) is 4.98 Å². The number of rotatable bonds is 3. The molecular formula is C9H9F3N2O2. The average Bonchev–Trinajstić information content (AvgIpc) is 2.18. The first-order valence-electron chi connectivity index (χ1n) is 4.28. The van der Waals surface area contributed by atoms with Gasteiger partial charge in [0, 0.05) is 12.7 Å². The molecule has 4 nitrogen and oxygen atoms in total. The Labute approximate surface area is 89.2 Å². The maximum absolute atomic E-state index is 12.0. The lowest BCUT2D eigenvalue weighted by molar-refractivity contribution is -0.276. The van der Waals surface area contributed by atoms with Gasteiger partial charge in [-0.3, -0.25) is 4.79 Å². The molecule has 16 heavy (non-hydrogen) atoms. The molecule has 0 unspecified atom stereocenters. The van der Waals surface area contributed by atoms with Crippen LogP contribution in [0.25, 0.3) is 0 Å². The molecule has 1 rings (SSSR count). The first-order valence-corrected chi connectivity index (χ1v) is 4.28. The number of aldehydes is 1. The van der Waals surface area contributed by atoms with Gasteiger partial charge in [-0.2, -0.15) is 0 Å². The highest BCUT2D eigenvalue weighted by atomic mass is 19.4. The van der Waals surface area contributed by atoms with Crippen LogP contribution in [0, 0.1) is 6.92 Å². The Morgan fingerprint density at radius 1 is 1.56 bits per heavy atom. The van der Waals surface area contributed by atoms with Crippen molar-refractivity contribution in [1.82, 2.24) is 4.98 Å². The minimum Gasteiger partial charge on any atom is -0.387 e. The number of ether oxygens (including phenoxy) is 1. The predicted molar refractivity (Wildman–Crippen MR) is 48.9 cm³/mol. The number of aromatic nitrogens is 1. The van der Waals surface area contributed by atoms with Crippen LogP contribution in [0.4, 0.5) is 13.2 Å². The number of aryl methyl sites for hydroxylation is 1. The Balaban J connectivity index is 3.25. The van der Waals surface area contributed by atoms with Crippen molar-refractivity contribution >= 4 is 6.29 Å². The zero-order valence-electron chi connectivity index (χ0n) is 8.34. The van der Waals surface area contributed by atoms with Gasteiger partial charge >= 0.3 is 6.36 Å². The Morgan fingerprint density at radius 2 is 2.19 bits per heavy atom. The highest BCUT2D eigenvalue weighted by Gasteiger charge is 2.33. The zero-order chi connectivity index (χ0) is 12.3. The topological polar surface area (TPSA) is 65.2 Å². The highest BCUT2D eigenvalue weighted by molar-refractivity contribution is 5.81. The molecule has 1 aromatic rings. The second-order valence-electron chi connectivity index (χ2n) is 3.01. The van der Waals surface area contributed by atoms with E-state index in [9.17, 15) is 18.0 Å². The summed E-state index contributed by atoms with van der Waals surface area (Å²) in [7, 11) is 0. The van der Waals surface area contributed by atoms with Gasteiger partial charge in [0.05, 0.1) is 5.56 Å². The van der Waals surface area contributed by atoms with Crippen molar-refractivity contribution in [2.75, 3.05) is 0 Å². The van der Waals surface area contributed by atoms with Gasteiger partial charge in [-0.15, -0.1) is 13.2 Å². The van der Waals surface area contributed by atoms with Crippen LogP contribution >= 0.6 is 0 Å². The standard InChI is InChI=1S/C9H9F3N2O2/c1-5-3-14-8(16-9(10,11)12)7(4-15)6(5)2-13/h3-4H,2,13H2,1H3. The van der Waals surface area contributed by atoms with Gasteiger partial charge in [0.25, 0.3) is 0 Å². The van der Waals surface area contributed by atoms with Crippen LogP contribution in [0.15, 0.2) is 6.20 Å². The van der Waals surface area contributed by atoms with Gasteiger partial charge in [-0.05, 0) is 18.1 Å². The van der Waals surface area contributed by atoms with Gasteiger partial charge in [-0.1, -0.05) is 0 Å². The molecule has 0 saturated carbocycles. The second-order valence-corrected chi connectivity index (χ2v) is 3.01. The molecule has 0 radical (unpaired) electrons. The van der Waals surface area contributed by atoms with E-state index in [-0.39, 0.29) is 18.4 Å². The molecule has 88 valence electrons. The van der Waals surface area contributed by atoms with E-state index in [0.717, 1.165) is 0 Å². The summed E-state index contributed by atoms with van der Waals surface area (Å²) >= 11 is 0. The molecule has 0 bridgehead atoms. The third kappa shape index (κ3) is 2.69. The molecule has 0 fully saturated rings. The van der Waals surface area contributed by atoms with Gasteiger partial charge < -0.3 is 10.5 Å². The van der Waals surface area contributed by atoms with Crippen LogP contribution in [0.3, 0.4) is 0 Å². The normalized spacial score (nSPS) is 11.3. The van der Waals surface area contributed by atoms with E-state index in [1.54, 1.807) is 6.92 Å². The Hall–Kier alpha value is -1.63. The van der Waals surface area contributed by atoms with E-state index in [1.807, 2.05) is 0 Å². The number of carbonyl (C=O) groups excluding carboxylic acids is 1. The van der Waals surface area contributed by atoms with Crippen LogP contribution < -0.4 is 10.5 Å². The molecule has 0 aliphatic heterocycles. The van der Waals surface area contributed by atoms with Crippen molar-refractivity contribution in [2.45, 2.75) is 19.8 Å². The Bertz CT molecular complexity index is 404. The average molecular weight is 234 g/mol. The second kappa shape index (κ2) is 4.48. The molecule has 0 amide bonds. The van der Waals surface area contributed by atoms with Crippen LogP contribution in [0.5, 0.6) is 5.88 Å². The third-order valence-corrected chi connectivity index (χ3v) is 1.94. The highest BCUT2D eigenvalue weighted by Crippen LogP contribution is 2.26. The summed E-state index contributed by atoms with van der Waals surface area (Å²) in [6, 6.07) is 0. The maximum atomic E-state index is 12.0. The van der Waals surface area contributed by atoms with E-state index in [0.29, 0.717) is 11.1 Å². The van der Waals surface area contributed by atoms with Crippen molar-refractivity contribution < 1.29 is 22.7 Å². The van der Waals surface area contributed by atoms with Crippen molar-refractivity contribution in [3.05, 3.63) is 22.9 Å². The zero-order valence-corrected chi connectivity index (χ0v) is 8.34. The smallest absolute Gasteiger partial charge is 0.387 e. The lowest BCUT2D eigenvalue weighted by atomic mass is 10.1. The van der Waals surface area contributed by atoms with E-state index >= 15 is 0 Å². The maximum Gasteiger partial charge on any atom is 0.574 e. The number of nitrogens with zero attached hydrogens (tertiary/aromatic N) is 1. The van der Waals surface area contributed by atoms with Crippen LogP contribution in [-0.4, -0.2) is 17.6 Å². The number of hydrogen-bond donors (Lipinski definition) is 1. The fourth-order valence-corrected chi connectivity index (χ4v) is 1.23. The molecule has 1 heterocycles. The predicted octanol–water partition coefficient (Wildman–Crippen LogP) is 1.56. The number of carbonyl (C=O) groups is 1. The number of pyridine rings is 1. The fraction of sp³-hybridized carbons (Fsp3) is 0.333. The van der Waals surface area contributed by atoms with Crippen LogP contribution in [0.1, 0.15) is 21.5 Å². The van der Waals surface area contributed by atoms with Crippen molar-refractivity contribution in [2.24, 2.45) is 5.73 Å². The largest absolute Gasteiger partial charge is 0.574 e. The minimum atomic E-state index is -4.88. The Kier molecular flexibility index (Phi) is 3.48. The number of nitrogens with two attached hydrogens (primary N) is 1. The quantitative estimate of drug-likeness (QED) is 0.806. The number of hydrogen-bond acceptors (Lipinski definition) is 4. The van der Waals surface area contributed by atoms with E-state index in [4.69, 9.17) is 5.73 Å². The summed E-state index contributed by atoms with van der Waals surface area (Å²) in [6.07, 6.45) is -3.45. The lowest BCUT2D eigenvalue weighted by Gasteiger charge is -2.13. The summed E-state index contributed by atoms with van der Waals surface area (Å²) in [5.41, 5.74) is 5.91. The Morgan fingerprint density at radius 3 is 2.62 bits per heavy atom. The minimum absolute atomic E-state index is 0.0589. The van der Waals surface area contributed by atoms with Gasteiger partial charge in [0.15, 0.2) is 6.29 Å². The van der Waals surface area contributed by atoms with E-state index < -0.39 is 12.2 Å². The molecular weight excluding hydrogens is 225 g/mol.